The highest BCUT2D eigenvalue weighted by Crippen LogP contribution is 2.15. The zero-order valence-electron chi connectivity index (χ0n) is 11.2. The van der Waals surface area contributed by atoms with Crippen molar-refractivity contribution in [2.75, 3.05) is 32.8 Å². The molecule has 0 spiro atoms. The quantitative estimate of drug-likeness (QED) is 0.897. The minimum absolute atomic E-state index is 0.171. The van der Waals surface area contributed by atoms with Crippen molar-refractivity contribution in [2.24, 2.45) is 0 Å². The van der Waals surface area contributed by atoms with E-state index in [0.717, 1.165) is 37.3 Å². The number of nitrogens with zero attached hydrogens (tertiary/aromatic N) is 1. The van der Waals surface area contributed by atoms with Gasteiger partial charge in [-0.3, -0.25) is 4.90 Å². The highest BCUT2D eigenvalue weighted by molar-refractivity contribution is 9.10. The third-order valence-electron chi connectivity index (χ3n) is 3.37. The third-order valence-corrected chi connectivity index (χ3v) is 3.86. The van der Waals surface area contributed by atoms with Crippen molar-refractivity contribution in [3.05, 3.63) is 34.1 Å². The standard InChI is InChI=1S/C14H20BrFN2O/c1-2-18-5-6-19-13(10-18)9-17-8-11-7-12(15)3-4-14(11)16/h3-4,7,13,17H,2,5-6,8-10H2,1H3. The van der Waals surface area contributed by atoms with E-state index in [9.17, 15) is 4.39 Å². The molecule has 2 rings (SSSR count). The lowest BCUT2D eigenvalue weighted by Gasteiger charge is -2.32. The molecule has 0 amide bonds. The van der Waals surface area contributed by atoms with Crippen molar-refractivity contribution < 1.29 is 9.13 Å². The van der Waals surface area contributed by atoms with Gasteiger partial charge in [0.2, 0.25) is 0 Å². The van der Waals surface area contributed by atoms with Gasteiger partial charge in [0.1, 0.15) is 5.82 Å². The Hall–Kier alpha value is -0.490. The van der Waals surface area contributed by atoms with Crippen LogP contribution >= 0.6 is 15.9 Å². The molecular formula is C14H20BrFN2O. The maximum Gasteiger partial charge on any atom is 0.127 e. The molecule has 106 valence electrons. The molecule has 0 bridgehead atoms. The van der Waals surface area contributed by atoms with E-state index in [-0.39, 0.29) is 11.9 Å². The number of hydrogen-bond donors (Lipinski definition) is 1. The van der Waals surface area contributed by atoms with E-state index in [1.165, 1.54) is 6.07 Å². The summed E-state index contributed by atoms with van der Waals surface area (Å²) in [6.07, 6.45) is 0.198. The summed E-state index contributed by atoms with van der Waals surface area (Å²) >= 11 is 3.36. The molecular weight excluding hydrogens is 311 g/mol. The van der Waals surface area contributed by atoms with Crippen LogP contribution in [0, 0.1) is 5.82 Å². The highest BCUT2D eigenvalue weighted by atomic mass is 79.9. The molecule has 19 heavy (non-hydrogen) atoms. The van der Waals surface area contributed by atoms with Gasteiger partial charge in [0.15, 0.2) is 0 Å². The highest BCUT2D eigenvalue weighted by Gasteiger charge is 2.18. The van der Waals surface area contributed by atoms with Crippen molar-refractivity contribution >= 4 is 15.9 Å². The van der Waals surface area contributed by atoms with Crippen molar-refractivity contribution in [3.8, 4) is 0 Å². The van der Waals surface area contributed by atoms with Crippen molar-refractivity contribution in [3.63, 3.8) is 0 Å². The molecule has 0 aliphatic carbocycles. The number of benzene rings is 1. The maximum absolute atomic E-state index is 13.6. The van der Waals surface area contributed by atoms with Gasteiger partial charge in [0.05, 0.1) is 12.7 Å². The summed E-state index contributed by atoms with van der Waals surface area (Å²) in [4.78, 5) is 2.37. The summed E-state index contributed by atoms with van der Waals surface area (Å²) in [6, 6.07) is 5.00. The van der Waals surface area contributed by atoms with Gasteiger partial charge in [-0.25, -0.2) is 4.39 Å². The fourth-order valence-electron chi connectivity index (χ4n) is 2.24. The number of likely N-dealkylation sites (N-methyl/N-ethyl adjacent to an activating group) is 1. The summed E-state index contributed by atoms with van der Waals surface area (Å²) in [5.41, 5.74) is 0.678. The van der Waals surface area contributed by atoms with E-state index < -0.39 is 0 Å². The SMILES string of the molecule is CCN1CCOC(CNCc2cc(Br)ccc2F)C1. The lowest BCUT2D eigenvalue weighted by atomic mass is 10.2. The number of ether oxygens (including phenoxy) is 1. The molecule has 0 radical (unpaired) electrons. The summed E-state index contributed by atoms with van der Waals surface area (Å²) in [5, 5.41) is 3.27. The van der Waals surface area contributed by atoms with Crippen molar-refractivity contribution in [2.45, 2.75) is 19.6 Å². The number of morpholine rings is 1. The van der Waals surface area contributed by atoms with Gasteiger partial charge in [-0.05, 0) is 24.7 Å². The topological polar surface area (TPSA) is 24.5 Å². The predicted molar refractivity (Wildman–Crippen MR) is 77.7 cm³/mol. The Labute approximate surface area is 122 Å². The minimum Gasteiger partial charge on any atom is -0.374 e. The van der Waals surface area contributed by atoms with Gasteiger partial charge in [-0.2, -0.15) is 0 Å². The van der Waals surface area contributed by atoms with Crippen LogP contribution in [0.15, 0.2) is 22.7 Å². The molecule has 1 fully saturated rings. The fraction of sp³-hybridized carbons (Fsp3) is 0.571. The van der Waals surface area contributed by atoms with E-state index in [2.05, 4.69) is 33.1 Å². The van der Waals surface area contributed by atoms with Crippen LogP contribution in [0.1, 0.15) is 12.5 Å². The Kier molecular flexibility index (Phi) is 5.76. The Bertz CT molecular complexity index is 416. The average molecular weight is 331 g/mol. The smallest absolute Gasteiger partial charge is 0.127 e. The van der Waals surface area contributed by atoms with Crippen LogP contribution in [0.25, 0.3) is 0 Å². The minimum atomic E-state index is -0.171. The lowest BCUT2D eigenvalue weighted by molar-refractivity contribution is -0.0254. The van der Waals surface area contributed by atoms with E-state index in [1.807, 2.05) is 6.07 Å². The molecule has 0 aromatic heterocycles. The van der Waals surface area contributed by atoms with Crippen LogP contribution in [0.2, 0.25) is 0 Å². The molecule has 0 saturated carbocycles. The molecule has 1 unspecified atom stereocenters. The summed E-state index contributed by atoms with van der Waals surface area (Å²) in [6.45, 7) is 7.23. The molecule has 1 atom stereocenters. The van der Waals surface area contributed by atoms with Crippen LogP contribution < -0.4 is 5.32 Å². The fourth-order valence-corrected chi connectivity index (χ4v) is 2.65. The first-order valence-electron chi connectivity index (χ1n) is 6.67. The predicted octanol–water partition coefficient (Wildman–Crippen LogP) is 2.40. The van der Waals surface area contributed by atoms with Crippen LogP contribution in [0.4, 0.5) is 4.39 Å². The average Bonchev–Trinajstić information content (AvgIpc) is 2.43. The van der Waals surface area contributed by atoms with Gasteiger partial charge in [-0.1, -0.05) is 22.9 Å². The van der Waals surface area contributed by atoms with E-state index in [0.29, 0.717) is 12.1 Å². The largest absolute Gasteiger partial charge is 0.374 e. The zero-order valence-corrected chi connectivity index (χ0v) is 12.7. The second-order valence-electron chi connectivity index (χ2n) is 4.75. The van der Waals surface area contributed by atoms with Gasteiger partial charge >= 0.3 is 0 Å². The Balaban J connectivity index is 1.78. The van der Waals surface area contributed by atoms with Crippen LogP contribution in [0.3, 0.4) is 0 Å². The monoisotopic (exact) mass is 330 g/mol. The first-order chi connectivity index (χ1) is 9.19. The third kappa shape index (κ3) is 4.53. The van der Waals surface area contributed by atoms with Crippen LogP contribution in [-0.4, -0.2) is 43.8 Å². The molecule has 1 heterocycles. The van der Waals surface area contributed by atoms with E-state index >= 15 is 0 Å². The zero-order chi connectivity index (χ0) is 13.7. The number of hydrogen-bond acceptors (Lipinski definition) is 3. The van der Waals surface area contributed by atoms with Gasteiger partial charge in [0.25, 0.3) is 0 Å². The molecule has 1 saturated heterocycles. The Morgan fingerprint density at radius 1 is 1.53 bits per heavy atom. The Morgan fingerprint density at radius 2 is 2.37 bits per heavy atom. The van der Waals surface area contributed by atoms with Crippen LogP contribution in [-0.2, 0) is 11.3 Å². The lowest BCUT2D eigenvalue weighted by Crippen LogP contribution is -2.46. The molecule has 1 aliphatic heterocycles. The van der Waals surface area contributed by atoms with Crippen molar-refractivity contribution in [1.29, 1.82) is 0 Å². The van der Waals surface area contributed by atoms with Gasteiger partial charge < -0.3 is 10.1 Å². The molecule has 1 N–H and O–H groups in total. The second kappa shape index (κ2) is 7.33. The molecule has 3 nitrogen and oxygen atoms in total. The molecule has 1 aliphatic rings. The number of nitrogens with one attached hydrogen (secondary N) is 1. The first-order valence-corrected chi connectivity index (χ1v) is 7.47. The van der Waals surface area contributed by atoms with Gasteiger partial charge in [0, 0.05) is 36.2 Å². The Morgan fingerprint density at radius 3 is 3.16 bits per heavy atom. The summed E-state index contributed by atoms with van der Waals surface area (Å²) in [7, 11) is 0. The summed E-state index contributed by atoms with van der Waals surface area (Å²) < 4.78 is 20.1. The van der Waals surface area contributed by atoms with Crippen LogP contribution in [0.5, 0.6) is 0 Å². The van der Waals surface area contributed by atoms with Crippen molar-refractivity contribution in [1.82, 2.24) is 10.2 Å². The molecule has 1 aromatic rings. The number of rotatable bonds is 5. The van der Waals surface area contributed by atoms with E-state index in [4.69, 9.17) is 4.74 Å². The number of halogens is 2. The second-order valence-corrected chi connectivity index (χ2v) is 5.67. The molecule has 5 heteroatoms. The molecule has 1 aromatic carbocycles. The maximum atomic E-state index is 13.6. The van der Waals surface area contributed by atoms with E-state index in [1.54, 1.807) is 6.07 Å². The van der Waals surface area contributed by atoms with Gasteiger partial charge in [-0.15, -0.1) is 0 Å². The first kappa shape index (κ1) is 14.9. The normalized spacial score (nSPS) is 20.7. The summed E-state index contributed by atoms with van der Waals surface area (Å²) in [5.74, 6) is -0.171.